The van der Waals surface area contributed by atoms with Crippen molar-refractivity contribution in [2.75, 3.05) is 101 Å². The Bertz CT molecular complexity index is 3470. The monoisotopic (exact) mass is 1320 g/mol. The number of hydrogen-bond acceptors (Lipinski definition) is 18. The Morgan fingerprint density at radius 3 is 1.16 bits per heavy atom. The summed E-state index contributed by atoms with van der Waals surface area (Å²) < 4.78 is 141. The van der Waals surface area contributed by atoms with Gasteiger partial charge in [0.1, 0.15) is 9.40 Å². The van der Waals surface area contributed by atoms with Crippen molar-refractivity contribution in [2.45, 2.75) is 74.2 Å². The molecule has 0 saturated carbocycles. The molecule has 8 rings (SSSR count). The van der Waals surface area contributed by atoms with Crippen LogP contribution in [-0.4, -0.2) is 152 Å². The van der Waals surface area contributed by atoms with Crippen LogP contribution in [0.4, 0.5) is 11.4 Å². The van der Waals surface area contributed by atoms with E-state index in [-0.39, 0.29) is 25.7 Å². The second kappa shape index (κ2) is 29.3. The standard InChI is InChI=1S/2C21H21ClN2O6S4.C12H30N2/c2*22-15-7-8-19-17(13-15)24(10-4-12-34(28,29)30)21(32-19)14-20-23(9-3-11-33(25,26)27)16-5-1-2-6-18(16)31-20;1-13(2,3)11-9-7-8-10-12-14(4,5)6/h2*1-2,5-8,13-14H,3-4,9-12H2,(H-,25,26,27,28,29,30);7-12H2,1-6H3/q;;+2/p-2. The van der Waals surface area contributed by atoms with Gasteiger partial charge in [0.15, 0.2) is 13.1 Å². The topological polar surface area (TPSA) is 243 Å². The molecule has 4 heterocycles. The number of anilines is 2. The first-order valence-electron chi connectivity index (χ1n) is 26.3. The van der Waals surface area contributed by atoms with Crippen molar-refractivity contribution < 1.29 is 70.0 Å². The van der Waals surface area contributed by atoms with E-state index in [2.05, 4.69) is 42.3 Å². The third-order valence-corrected chi connectivity index (χ3v) is 20.7. The second-order valence-corrected chi connectivity index (χ2v) is 32.9. The number of para-hydroxylation sites is 2. The lowest BCUT2D eigenvalue weighted by Crippen LogP contribution is -2.36. The lowest BCUT2D eigenvalue weighted by molar-refractivity contribution is -0.871. The molecule has 0 N–H and O–H groups in total. The third kappa shape index (κ3) is 22.5. The molecule has 0 unspecified atom stereocenters. The van der Waals surface area contributed by atoms with Crippen LogP contribution in [0.3, 0.4) is 0 Å². The molecule has 2 aliphatic heterocycles. The number of aromatic nitrogens is 2. The normalized spacial score (nSPS) is 15.0. The number of halogens is 2. The molecule has 0 amide bonds. The van der Waals surface area contributed by atoms with Gasteiger partial charge in [-0.15, -0.1) is 0 Å². The van der Waals surface area contributed by atoms with Crippen molar-refractivity contribution in [1.29, 1.82) is 0 Å². The van der Waals surface area contributed by atoms with E-state index in [0.29, 0.717) is 36.2 Å². The first-order chi connectivity index (χ1) is 38.2. The molecular weight excluding hydrogens is 1250 g/mol. The second-order valence-electron chi connectivity index (χ2n) is 21.7. The van der Waals surface area contributed by atoms with Crippen molar-refractivity contribution >= 4 is 154 Å². The Balaban J connectivity index is 0.000000215. The van der Waals surface area contributed by atoms with Crippen LogP contribution in [-0.2, 0) is 53.6 Å². The zero-order valence-electron chi connectivity index (χ0n) is 46.6. The van der Waals surface area contributed by atoms with Gasteiger partial charge in [0.2, 0.25) is 11.0 Å². The average Bonchev–Trinajstić information content (AvgIpc) is 2.94. The quantitative estimate of drug-likeness (QED) is 0.0224. The first-order valence-corrected chi connectivity index (χ1v) is 36.7. The number of quaternary nitrogens is 2. The van der Waals surface area contributed by atoms with E-state index in [1.165, 1.54) is 85.0 Å². The predicted octanol–water partition coefficient (Wildman–Crippen LogP) is 9.21. The highest BCUT2D eigenvalue weighted by molar-refractivity contribution is 8.04. The number of fused-ring (bicyclic) bond motifs is 4. The zero-order chi connectivity index (χ0) is 60.3. The molecule has 0 bridgehead atoms. The molecule has 0 spiro atoms. The van der Waals surface area contributed by atoms with Gasteiger partial charge in [-0.1, -0.05) is 93.7 Å². The first kappa shape index (κ1) is 67.7. The van der Waals surface area contributed by atoms with Crippen LogP contribution in [0, 0.1) is 0 Å². The van der Waals surface area contributed by atoms with Gasteiger partial charge in [-0.05, 0) is 87.1 Å². The maximum atomic E-state index is 11.1. The summed E-state index contributed by atoms with van der Waals surface area (Å²) in [5.74, 6) is -1.84. The summed E-state index contributed by atoms with van der Waals surface area (Å²) in [6.45, 7) is 3.94. The van der Waals surface area contributed by atoms with Crippen LogP contribution < -0.4 is 18.9 Å². The Hall–Kier alpha value is -3.42. The van der Waals surface area contributed by atoms with Gasteiger partial charge in [0.25, 0.3) is 10.0 Å². The predicted molar refractivity (Wildman–Crippen MR) is 330 cm³/mol. The largest absolute Gasteiger partial charge is 0.748 e. The van der Waals surface area contributed by atoms with Crippen LogP contribution >= 0.6 is 69.4 Å². The van der Waals surface area contributed by atoms with Crippen molar-refractivity contribution in [3.05, 3.63) is 115 Å². The van der Waals surface area contributed by atoms with Gasteiger partial charge < -0.3 is 37.0 Å². The molecule has 0 saturated heterocycles. The molecule has 28 heteroatoms. The van der Waals surface area contributed by atoms with Gasteiger partial charge in [0, 0.05) is 80.9 Å². The number of hydrogen-bond donors (Lipinski definition) is 0. The minimum Gasteiger partial charge on any atom is -0.748 e. The maximum Gasteiger partial charge on any atom is 0.265 e. The summed E-state index contributed by atoms with van der Waals surface area (Å²) in [4.78, 5) is 5.78. The van der Waals surface area contributed by atoms with Crippen molar-refractivity contribution in [2.24, 2.45) is 0 Å². The molecule has 4 aromatic carbocycles. The van der Waals surface area contributed by atoms with Gasteiger partial charge in [-0.2, -0.15) is 9.13 Å². The minimum absolute atomic E-state index is 0.156. The fourth-order valence-corrected chi connectivity index (χ4v) is 15.8. The van der Waals surface area contributed by atoms with Gasteiger partial charge >= 0.3 is 0 Å². The van der Waals surface area contributed by atoms with Crippen LogP contribution in [0.5, 0.6) is 0 Å². The molecule has 6 aromatic rings. The number of thiazole rings is 2. The molecule has 450 valence electrons. The van der Waals surface area contributed by atoms with E-state index in [4.69, 9.17) is 23.2 Å². The highest BCUT2D eigenvalue weighted by atomic mass is 35.5. The highest BCUT2D eigenvalue weighted by Crippen LogP contribution is 2.49. The zero-order valence-corrected chi connectivity index (χ0v) is 54.6. The molecular formula is C54H70Cl2N6O12S8. The number of nitrogens with zero attached hydrogens (tertiary/aromatic N) is 6. The Morgan fingerprint density at radius 2 is 0.817 bits per heavy atom. The number of rotatable bonds is 25. The summed E-state index contributed by atoms with van der Waals surface area (Å²) in [6.07, 6.45) is 10.1. The van der Waals surface area contributed by atoms with Crippen molar-refractivity contribution in [1.82, 2.24) is 0 Å². The lowest BCUT2D eigenvalue weighted by Gasteiger charge is -2.25. The van der Waals surface area contributed by atoms with E-state index in [1.807, 2.05) is 91.7 Å². The molecule has 0 radical (unpaired) electrons. The highest BCUT2D eigenvalue weighted by Gasteiger charge is 2.30. The van der Waals surface area contributed by atoms with Crippen LogP contribution in [0.2, 0.25) is 10.0 Å². The van der Waals surface area contributed by atoms with Crippen LogP contribution in [0.1, 0.15) is 61.4 Å². The van der Waals surface area contributed by atoms with Crippen molar-refractivity contribution in [3.63, 3.8) is 0 Å². The smallest absolute Gasteiger partial charge is 0.265 e. The van der Waals surface area contributed by atoms with Crippen molar-refractivity contribution in [3.8, 4) is 0 Å². The van der Waals surface area contributed by atoms with Crippen LogP contribution in [0.25, 0.3) is 32.6 Å². The average molecular weight is 1320 g/mol. The molecule has 0 aliphatic carbocycles. The van der Waals surface area contributed by atoms with E-state index in [0.717, 1.165) is 70.6 Å². The Labute approximate surface area is 510 Å². The molecule has 82 heavy (non-hydrogen) atoms. The number of unbranched alkanes of at least 4 members (excludes halogenated alkanes) is 3. The number of aryl methyl sites for hydroxylation is 2. The van der Waals surface area contributed by atoms with E-state index in [1.54, 1.807) is 24.3 Å². The minimum atomic E-state index is -4.33. The summed E-state index contributed by atoms with van der Waals surface area (Å²) >= 11 is 18.5. The molecule has 0 fully saturated rings. The molecule has 18 nitrogen and oxygen atoms in total. The van der Waals surface area contributed by atoms with Gasteiger partial charge in [0.05, 0.1) is 129 Å². The summed E-state index contributed by atoms with van der Waals surface area (Å²) in [5, 5.41) is 4.45. The summed E-state index contributed by atoms with van der Waals surface area (Å²) in [7, 11) is -3.66. The molecule has 2 aliphatic rings. The summed E-state index contributed by atoms with van der Waals surface area (Å²) in [6, 6.07) is 26.4. The van der Waals surface area contributed by atoms with Crippen LogP contribution in [0.15, 0.2) is 105 Å². The fourth-order valence-electron chi connectivity index (χ4n) is 8.94. The third-order valence-electron chi connectivity index (χ3n) is 12.7. The number of benzene rings is 4. The maximum absolute atomic E-state index is 11.1. The Kier molecular flexibility index (Phi) is 24.2. The lowest BCUT2D eigenvalue weighted by atomic mass is 10.1. The van der Waals surface area contributed by atoms with E-state index < -0.39 is 63.5 Å². The number of thioether (sulfide) groups is 2. The molecule has 2 aromatic heterocycles. The van der Waals surface area contributed by atoms with Gasteiger partial charge in [-0.25, -0.2) is 33.7 Å². The van der Waals surface area contributed by atoms with Gasteiger partial charge in [-0.3, -0.25) is 0 Å². The Morgan fingerprint density at radius 1 is 0.476 bits per heavy atom. The summed E-state index contributed by atoms with van der Waals surface area (Å²) in [5.41, 5.74) is 3.51. The van der Waals surface area contributed by atoms with E-state index in [9.17, 15) is 51.9 Å². The fraction of sp³-hybridized carbons (Fsp3) is 0.444. The SMILES string of the molecule is C[N+](C)(C)CCCCCC[N+](C)(C)C.O=S(=O)([O-])CCCN1/C(=C/c2sc3ccccc3[n+]2CCCS(=O)(=O)[O-])Sc2ccc(Cl)cc21.O=S(=O)([O-])CCCN1/C(=C/c2sc3ccccc3[n+]2CCCS(=O)(=O)[O-])Sc2ccc(Cl)cc21. The van der Waals surface area contributed by atoms with E-state index >= 15 is 0 Å². The molecule has 0 atom stereocenters.